The van der Waals surface area contributed by atoms with Crippen molar-refractivity contribution >= 4 is 17.5 Å². The molecule has 0 saturated carbocycles. The number of anilines is 1. The van der Waals surface area contributed by atoms with Gasteiger partial charge in [-0.3, -0.25) is 15.0 Å². The largest absolute Gasteiger partial charge is 0.274 e. The SMILES string of the molecule is CC(=O)NN1C(=O)CCc2ccccc21. The molecule has 0 spiro atoms. The lowest BCUT2D eigenvalue weighted by Crippen LogP contribution is -2.47. The van der Waals surface area contributed by atoms with Crippen molar-refractivity contribution in [3.8, 4) is 0 Å². The molecule has 0 atom stereocenters. The summed E-state index contributed by atoms with van der Waals surface area (Å²) in [6, 6.07) is 7.59. The number of aryl methyl sites for hydroxylation is 1. The fourth-order valence-electron chi connectivity index (χ4n) is 1.71. The molecule has 1 aliphatic rings. The van der Waals surface area contributed by atoms with Gasteiger partial charge in [-0.2, -0.15) is 0 Å². The van der Waals surface area contributed by atoms with E-state index in [0.29, 0.717) is 6.42 Å². The molecule has 78 valence electrons. The molecule has 4 heteroatoms. The van der Waals surface area contributed by atoms with Crippen molar-refractivity contribution in [3.63, 3.8) is 0 Å². The first-order valence-corrected chi connectivity index (χ1v) is 4.86. The van der Waals surface area contributed by atoms with E-state index in [4.69, 9.17) is 0 Å². The first kappa shape index (κ1) is 9.71. The molecule has 0 radical (unpaired) electrons. The van der Waals surface area contributed by atoms with Gasteiger partial charge < -0.3 is 0 Å². The van der Waals surface area contributed by atoms with Crippen molar-refractivity contribution < 1.29 is 9.59 Å². The number of hydrogen-bond acceptors (Lipinski definition) is 2. The van der Waals surface area contributed by atoms with E-state index < -0.39 is 0 Å². The first-order valence-electron chi connectivity index (χ1n) is 4.86. The summed E-state index contributed by atoms with van der Waals surface area (Å²) < 4.78 is 0. The highest BCUT2D eigenvalue weighted by atomic mass is 16.2. The van der Waals surface area contributed by atoms with Gasteiger partial charge in [0.25, 0.3) is 0 Å². The molecule has 1 heterocycles. The third-order valence-electron chi connectivity index (χ3n) is 2.36. The van der Waals surface area contributed by atoms with E-state index in [1.165, 1.54) is 11.9 Å². The van der Waals surface area contributed by atoms with Crippen molar-refractivity contribution in [2.45, 2.75) is 19.8 Å². The molecule has 2 rings (SSSR count). The minimum atomic E-state index is -0.236. The molecular weight excluding hydrogens is 192 g/mol. The van der Waals surface area contributed by atoms with Gasteiger partial charge in [-0.15, -0.1) is 0 Å². The normalized spacial score (nSPS) is 14.7. The number of carbonyl (C=O) groups is 2. The van der Waals surface area contributed by atoms with E-state index in [0.717, 1.165) is 17.7 Å². The highest BCUT2D eigenvalue weighted by molar-refractivity contribution is 5.98. The molecule has 0 aromatic heterocycles. The molecular formula is C11H12N2O2. The summed E-state index contributed by atoms with van der Waals surface area (Å²) in [6.45, 7) is 1.39. The Hall–Kier alpha value is -1.84. The second kappa shape index (κ2) is 3.73. The van der Waals surface area contributed by atoms with Gasteiger partial charge in [0.1, 0.15) is 0 Å². The second-order valence-corrected chi connectivity index (χ2v) is 3.53. The first-order chi connectivity index (χ1) is 7.18. The number of rotatable bonds is 1. The van der Waals surface area contributed by atoms with Crippen LogP contribution in [0.15, 0.2) is 24.3 Å². The molecule has 0 aliphatic carbocycles. The zero-order chi connectivity index (χ0) is 10.8. The van der Waals surface area contributed by atoms with Gasteiger partial charge in [0.05, 0.1) is 5.69 Å². The number of carbonyl (C=O) groups excluding carboxylic acids is 2. The molecule has 1 aromatic carbocycles. The smallest absolute Gasteiger partial charge is 0.246 e. The Morgan fingerprint density at radius 1 is 1.33 bits per heavy atom. The Morgan fingerprint density at radius 3 is 2.80 bits per heavy atom. The Balaban J connectivity index is 2.37. The van der Waals surface area contributed by atoms with Crippen LogP contribution in [-0.4, -0.2) is 11.8 Å². The van der Waals surface area contributed by atoms with Crippen molar-refractivity contribution in [1.82, 2.24) is 5.43 Å². The molecule has 1 aromatic rings. The molecule has 15 heavy (non-hydrogen) atoms. The number of amides is 2. The predicted molar refractivity (Wildman–Crippen MR) is 56.1 cm³/mol. The van der Waals surface area contributed by atoms with Crippen LogP contribution in [0.5, 0.6) is 0 Å². The van der Waals surface area contributed by atoms with Gasteiger partial charge >= 0.3 is 0 Å². The quantitative estimate of drug-likeness (QED) is 0.742. The summed E-state index contributed by atoms with van der Waals surface area (Å²) >= 11 is 0. The van der Waals surface area contributed by atoms with Crippen LogP contribution in [0.2, 0.25) is 0 Å². The Labute approximate surface area is 87.9 Å². The summed E-state index contributed by atoms with van der Waals surface area (Å²) in [5.41, 5.74) is 4.40. The van der Waals surface area contributed by atoms with Crippen LogP contribution < -0.4 is 10.4 Å². The maximum absolute atomic E-state index is 11.6. The average molecular weight is 204 g/mol. The minimum Gasteiger partial charge on any atom is -0.274 e. The van der Waals surface area contributed by atoms with Gasteiger partial charge in [0.2, 0.25) is 11.8 Å². The third-order valence-corrected chi connectivity index (χ3v) is 2.36. The molecule has 0 bridgehead atoms. The van der Waals surface area contributed by atoms with E-state index in [2.05, 4.69) is 5.43 Å². The van der Waals surface area contributed by atoms with Crippen LogP contribution >= 0.6 is 0 Å². The highest BCUT2D eigenvalue weighted by Crippen LogP contribution is 2.25. The van der Waals surface area contributed by atoms with Crippen molar-refractivity contribution in [3.05, 3.63) is 29.8 Å². The fourth-order valence-corrected chi connectivity index (χ4v) is 1.71. The molecule has 0 fully saturated rings. The van der Waals surface area contributed by atoms with E-state index in [-0.39, 0.29) is 11.8 Å². The number of benzene rings is 1. The van der Waals surface area contributed by atoms with E-state index >= 15 is 0 Å². The summed E-state index contributed by atoms with van der Waals surface area (Å²) in [6.07, 6.45) is 1.18. The number of fused-ring (bicyclic) bond motifs is 1. The van der Waals surface area contributed by atoms with Crippen LogP contribution in [0.3, 0.4) is 0 Å². The monoisotopic (exact) mass is 204 g/mol. The summed E-state index contributed by atoms with van der Waals surface area (Å²) in [5, 5.41) is 1.33. The zero-order valence-corrected chi connectivity index (χ0v) is 8.49. The second-order valence-electron chi connectivity index (χ2n) is 3.53. The van der Waals surface area contributed by atoms with Crippen LogP contribution in [0.1, 0.15) is 18.9 Å². The topological polar surface area (TPSA) is 49.4 Å². The van der Waals surface area contributed by atoms with Gasteiger partial charge in [0, 0.05) is 13.3 Å². The van der Waals surface area contributed by atoms with Crippen LogP contribution in [0, 0.1) is 0 Å². The maximum Gasteiger partial charge on any atom is 0.246 e. The molecule has 1 aliphatic heterocycles. The van der Waals surface area contributed by atoms with Crippen molar-refractivity contribution in [1.29, 1.82) is 0 Å². The number of hydrazine groups is 1. The van der Waals surface area contributed by atoms with Crippen molar-refractivity contribution in [2.24, 2.45) is 0 Å². The van der Waals surface area contributed by atoms with Gasteiger partial charge in [0.15, 0.2) is 0 Å². The van der Waals surface area contributed by atoms with E-state index in [1.807, 2.05) is 24.3 Å². The molecule has 4 nitrogen and oxygen atoms in total. The molecule has 0 saturated heterocycles. The standard InChI is InChI=1S/C11H12N2O2/c1-8(14)12-13-10-5-3-2-4-9(10)6-7-11(13)15/h2-5H,6-7H2,1H3,(H,12,14). The predicted octanol–water partition coefficient (Wildman–Crippen LogP) is 1.02. The third kappa shape index (κ3) is 1.83. The lowest BCUT2D eigenvalue weighted by atomic mass is 10.0. The Bertz CT molecular complexity index is 415. The molecule has 0 unspecified atom stereocenters. The maximum atomic E-state index is 11.6. The van der Waals surface area contributed by atoms with Crippen LogP contribution in [0.25, 0.3) is 0 Å². The lowest BCUT2D eigenvalue weighted by molar-refractivity contribution is -0.125. The Kier molecular flexibility index (Phi) is 2.41. The molecule has 1 N–H and O–H groups in total. The van der Waals surface area contributed by atoms with Crippen LogP contribution in [0.4, 0.5) is 5.69 Å². The minimum absolute atomic E-state index is 0.0658. The fraction of sp³-hybridized carbons (Fsp3) is 0.273. The van der Waals surface area contributed by atoms with Gasteiger partial charge in [-0.1, -0.05) is 18.2 Å². The average Bonchev–Trinajstić information content (AvgIpc) is 2.22. The summed E-state index contributed by atoms with van der Waals surface area (Å²) in [4.78, 5) is 22.6. The number of hydrogen-bond donors (Lipinski definition) is 1. The summed E-state index contributed by atoms with van der Waals surface area (Å²) in [5.74, 6) is -0.302. The number of nitrogens with one attached hydrogen (secondary N) is 1. The van der Waals surface area contributed by atoms with E-state index in [1.54, 1.807) is 0 Å². The Morgan fingerprint density at radius 2 is 2.07 bits per heavy atom. The molecule has 2 amide bonds. The van der Waals surface area contributed by atoms with Crippen molar-refractivity contribution in [2.75, 3.05) is 5.01 Å². The zero-order valence-electron chi connectivity index (χ0n) is 8.49. The van der Waals surface area contributed by atoms with Gasteiger partial charge in [-0.25, -0.2) is 5.01 Å². The highest BCUT2D eigenvalue weighted by Gasteiger charge is 2.24. The number of nitrogens with zero attached hydrogens (tertiary/aromatic N) is 1. The summed E-state index contributed by atoms with van der Waals surface area (Å²) in [7, 11) is 0. The van der Waals surface area contributed by atoms with E-state index in [9.17, 15) is 9.59 Å². The lowest BCUT2D eigenvalue weighted by Gasteiger charge is -2.28. The number of para-hydroxylation sites is 1. The van der Waals surface area contributed by atoms with Crippen LogP contribution in [-0.2, 0) is 16.0 Å². The van der Waals surface area contributed by atoms with Gasteiger partial charge in [-0.05, 0) is 18.1 Å².